The van der Waals surface area contributed by atoms with E-state index in [0.29, 0.717) is 5.54 Å². The molecular weight excluding hydrogens is 228 g/mol. The number of benzene rings is 1. The minimum atomic E-state index is 0.336. The van der Waals surface area contributed by atoms with E-state index in [1.165, 1.54) is 35.9 Å². The summed E-state index contributed by atoms with van der Waals surface area (Å²) in [6.45, 7) is 4.38. The van der Waals surface area contributed by atoms with Crippen molar-refractivity contribution < 1.29 is 0 Å². The van der Waals surface area contributed by atoms with Crippen LogP contribution in [-0.4, -0.2) is 10.5 Å². The molecule has 1 aliphatic rings. The Kier molecular flexibility index (Phi) is 2.58. The first kappa shape index (κ1) is 11.0. The van der Waals surface area contributed by atoms with Crippen molar-refractivity contribution in [1.29, 1.82) is 0 Å². The number of nitrogens with zero attached hydrogens (tertiary/aromatic N) is 1. The summed E-state index contributed by atoms with van der Waals surface area (Å²) in [5.74, 6) is 0. The van der Waals surface area contributed by atoms with E-state index in [2.05, 4.69) is 37.4 Å². The van der Waals surface area contributed by atoms with Crippen molar-refractivity contribution in [3.8, 4) is 0 Å². The van der Waals surface area contributed by atoms with Crippen molar-refractivity contribution in [1.82, 2.24) is 4.98 Å². The van der Waals surface area contributed by atoms with Gasteiger partial charge in [-0.3, -0.25) is 0 Å². The fraction of sp³-hybridized carbons (Fsp3) is 0.500. The van der Waals surface area contributed by atoms with Gasteiger partial charge in [0.25, 0.3) is 0 Å². The Morgan fingerprint density at radius 3 is 2.88 bits per heavy atom. The van der Waals surface area contributed by atoms with Crippen molar-refractivity contribution in [2.75, 3.05) is 5.32 Å². The fourth-order valence-electron chi connectivity index (χ4n) is 2.49. The van der Waals surface area contributed by atoms with Crippen LogP contribution in [0.5, 0.6) is 0 Å². The van der Waals surface area contributed by atoms with Crippen molar-refractivity contribution >= 4 is 26.7 Å². The molecule has 0 unspecified atom stereocenters. The number of nitrogens with one attached hydrogen (secondary N) is 1. The van der Waals surface area contributed by atoms with Gasteiger partial charge in [-0.1, -0.05) is 24.3 Å². The van der Waals surface area contributed by atoms with E-state index in [4.69, 9.17) is 4.98 Å². The summed E-state index contributed by atoms with van der Waals surface area (Å²) in [6, 6.07) is 6.49. The van der Waals surface area contributed by atoms with Crippen molar-refractivity contribution in [2.45, 2.75) is 45.1 Å². The fourth-order valence-corrected chi connectivity index (χ4v) is 3.45. The van der Waals surface area contributed by atoms with E-state index >= 15 is 0 Å². The Morgan fingerprint density at radius 1 is 1.41 bits per heavy atom. The Balaban J connectivity index is 1.90. The molecule has 1 fully saturated rings. The largest absolute Gasteiger partial charge is 0.356 e. The molecule has 1 heterocycles. The monoisotopic (exact) mass is 246 g/mol. The third kappa shape index (κ3) is 1.93. The molecule has 1 aromatic heterocycles. The first-order valence-electron chi connectivity index (χ1n) is 6.36. The van der Waals surface area contributed by atoms with E-state index in [-0.39, 0.29) is 0 Å². The highest BCUT2D eigenvalue weighted by atomic mass is 32.1. The first-order chi connectivity index (χ1) is 8.21. The topological polar surface area (TPSA) is 24.9 Å². The second-order valence-corrected chi connectivity index (χ2v) is 6.13. The van der Waals surface area contributed by atoms with E-state index in [1.54, 1.807) is 11.3 Å². The lowest BCUT2D eigenvalue weighted by molar-refractivity contribution is 0.269. The predicted octanol–water partition coefficient (Wildman–Crippen LogP) is 4.35. The van der Waals surface area contributed by atoms with E-state index in [9.17, 15) is 0 Å². The molecule has 0 amide bonds. The molecule has 0 spiro atoms. The Bertz CT molecular complexity index is 535. The lowest BCUT2D eigenvalue weighted by Crippen LogP contribution is -2.44. The maximum absolute atomic E-state index is 4.70. The Labute approximate surface area is 106 Å². The highest BCUT2D eigenvalue weighted by Crippen LogP contribution is 2.39. The number of aromatic nitrogens is 1. The molecule has 90 valence electrons. The van der Waals surface area contributed by atoms with E-state index in [1.807, 2.05) is 0 Å². The van der Waals surface area contributed by atoms with Crippen LogP contribution in [0.2, 0.25) is 0 Å². The molecular formula is C14H18N2S. The zero-order chi connectivity index (χ0) is 11.9. The molecule has 2 nitrogen and oxygen atoms in total. The van der Waals surface area contributed by atoms with Gasteiger partial charge in [-0.25, -0.2) is 4.98 Å². The number of hydrogen-bond donors (Lipinski definition) is 1. The van der Waals surface area contributed by atoms with Gasteiger partial charge in [0.15, 0.2) is 5.13 Å². The number of rotatable bonds is 3. The van der Waals surface area contributed by atoms with Gasteiger partial charge in [0.05, 0.1) is 10.2 Å². The summed E-state index contributed by atoms with van der Waals surface area (Å²) < 4.78 is 1.28. The normalized spacial score (nSPS) is 18.0. The summed E-state index contributed by atoms with van der Waals surface area (Å²) in [5, 5.41) is 4.75. The lowest BCUT2D eigenvalue weighted by atomic mass is 9.75. The van der Waals surface area contributed by atoms with Gasteiger partial charge in [0.2, 0.25) is 0 Å². The van der Waals surface area contributed by atoms with Crippen LogP contribution in [-0.2, 0) is 0 Å². The first-order valence-corrected chi connectivity index (χ1v) is 7.18. The third-order valence-corrected chi connectivity index (χ3v) is 4.85. The second kappa shape index (κ2) is 3.98. The summed E-state index contributed by atoms with van der Waals surface area (Å²) >= 11 is 1.78. The zero-order valence-electron chi connectivity index (χ0n) is 10.4. The second-order valence-electron chi connectivity index (χ2n) is 5.10. The number of hydrogen-bond acceptors (Lipinski definition) is 3. The van der Waals surface area contributed by atoms with Gasteiger partial charge in [0.1, 0.15) is 0 Å². The molecule has 0 atom stereocenters. The van der Waals surface area contributed by atoms with Gasteiger partial charge in [-0.05, 0) is 50.3 Å². The van der Waals surface area contributed by atoms with Crippen LogP contribution >= 0.6 is 11.3 Å². The van der Waals surface area contributed by atoms with E-state index in [0.717, 1.165) is 10.6 Å². The van der Waals surface area contributed by atoms with Crippen LogP contribution in [0.3, 0.4) is 0 Å². The van der Waals surface area contributed by atoms with Gasteiger partial charge in [0, 0.05) is 5.54 Å². The van der Waals surface area contributed by atoms with Gasteiger partial charge in [-0.2, -0.15) is 0 Å². The molecule has 0 bridgehead atoms. The molecule has 3 heteroatoms. The minimum absolute atomic E-state index is 0.336. The molecule has 1 aromatic carbocycles. The molecule has 2 aromatic rings. The molecule has 1 saturated carbocycles. The number of fused-ring (bicyclic) bond motifs is 1. The summed E-state index contributed by atoms with van der Waals surface area (Å²) in [6.07, 6.45) is 5.13. The highest BCUT2D eigenvalue weighted by Gasteiger charge is 2.35. The van der Waals surface area contributed by atoms with Crippen molar-refractivity contribution in [3.05, 3.63) is 23.8 Å². The molecule has 3 rings (SSSR count). The zero-order valence-corrected chi connectivity index (χ0v) is 11.2. The standard InChI is InChI=1S/C14H18N2S/c1-3-14(7-4-8-14)16-13-15-11-9-10(2)5-6-12(11)17-13/h5-6,9H,3-4,7-8H2,1-2H3,(H,15,16). The third-order valence-electron chi connectivity index (χ3n) is 3.90. The number of anilines is 1. The Hall–Kier alpha value is -1.09. The maximum Gasteiger partial charge on any atom is 0.184 e. The van der Waals surface area contributed by atoms with Crippen LogP contribution in [0.4, 0.5) is 5.13 Å². The van der Waals surface area contributed by atoms with Gasteiger partial charge < -0.3 is 5.32 Å². The smallest absolute Gasteiger partial charge is 0.184 e. The predicted molar refractivity (Wildman–Crippen MR) is 74.9 cm³/mol. The van der Waals surface area contributed by atoms with Crippen molar-refractivity contribution in [3.63, 3.8) is 0 Å². The van der Waals surface area contributed by atoms with E-state index < -0.39 is 0 Å². The molecule has 0 saturated heterocycles. The number of thiazole rings is 1. The summed E-state index contributed by atoms with van der Waals surface area (Å²) in [7, 11) is 0. The van der Waals surface area contributed by atoms with Crippen LogP contribution in [0, 0.1) is 6.92 Å². The van der Waals surface area contributed by atoms with Gasteiger partial charge >= 0.3 is 0 Å². The molecule has 17 heavy (non-hydrogen) atoms. The van der Waals surface area contributed by atoms with Crippen LogP contribution in [0.1, 0.15) is 38.2 Å². The van der Waals surface area contributed by atoms with Crippen molar-refractivity contribution in [2.24, 2.45) is 0 Å². The lowest BCUT2D eigenvalue weighted by Gasteiger charge is -2.41. The van der Waals surface area contributed by atoms with Crippen LogP contribution in [0.25, 0.3) is 10.2 Å². The summed E-state index contributed by atoms with van der Waals surface area (Å²) in [4.78, 5) is 4.70. The quantitative estimate of drug-likeness (QED) is 0.871. The molecule has 0 aliphatic heterocycles. The minimum Gasteiger partial charge on any atom is -0.356 e. The SMILES string of the molecule is CCC1(Nc2nc3cc(C)ccc3s2)CCC1. The Morgan fingerprint density at radius 2 is 2.24 bits per heavy atom. The van der Waals surface area contributed by atoms with Gasteiger partial charge in [-0.15, -0.1) is 0 Å². The average Bonchev–Trinajstić information content (AvgIpc) is 2.65. The van der Waals surface area contributed by atoms with Crippen LogP contribution in [0.15, 0.2) is 18.2 Å². The summed E-state index contributed by atoms with van der Waals surface area (Å²) in [5.41, 5.74) is 2.74. The molecule has 0 radical (unpaired) electrons. The molecule has 1 aliphatic carbocycles. The van der Waals surface area contributed by atoms with Crippen LogP contribution < -0.4 is 5.32 Å². The highest BCUT2D eigenvalue weighted by molar-refractivity contribution is 7.22. The number of aryl methyl sites for hydroxylation is 1. The maximum atomic E-state index is 4.70. The average molecular weight is 246 g/mol. The molecule has 1 N–H and O–H groups in total.